The number of rotatable bonds is 4. The molecule has 1 heterocycles. The van der Waals surface area contributed by atoms with Gasteiger partial charge in [0.1, 0.15) is 5.82 Å². The van der Waals surface area contributed by atoms with Gasteiger partial charge >= 0.3 is 0 Å². The van der Waals surface area contributed by atoms with Crippen LogP contribution in [0.3, 0.4) is 0 Å². The Morgan fingerprint density at radius 3 is 2.72 bits per heavy atom. The normalized spacial score (nSPS) is 10.8. The van der Waals surface area contributed by atoms with E-state index in [1.807, 2.05) is 12.2 Å². The lowest BCUT2D eigenvalue weighted by Gasteiger charge is -2.02. The predicted molar refractivity (Wildman–Crippen MR) is 73.2 cm³/mol. The molecule has 0 aliphatic heterocycles. The molecule has 2 aromatic rings. The highest BCUT2D eigenvalue weighted by molar-refractivity contribution is 6.30. The summed E-state index contributed by atoms with van der Waals surface area (Å²) >= 11 is 5.81. The summed E-state index contributed by atoms with van der Waals surface area (Å²) in [5, 5.41) is 3.76. The van der Waals surface area contributed by atoms with Crippen LogP contribution in [0.5, 0.6) is 0 Å². The quantitative estimate of drug-likeness (QED) is 0.901. The van der Waals surface area contributed by atoms with E-state index >= 15 is 0 Å². The van der Waals surface area contributed by atoms with Gasteiger partial charge in [0.2, 0.25) is 0 Å². The third kappa shape index (κ3) is 3.86. The molecule has 0 aliphatic rings. The number of benzene rings is 1. The largest absolute Gasteiger partial charge is 0.380 e. The first-order valence-electron chi connectivity index (χ1n) is 5.50. The Kier molecular flexibility index (Phi) is 4.31. The van der Waals surface area contributed by atoms with Crippen molar-refractivity contribution in [1.29, 1.82) is 0 Å². The van der Waals surface area contributed by atoms with Crippen LogP contribution in [0.25, 0.3) is 6.08 Å². The molecule has 0 atom stereocenters. The SMILES string of the molecule is Fc1ccc(/C=C/CNc2cncc(Cl)c2)cc1. The summed E-state index contributed by atoms with van der Waals surface area (Å²) in [6.45, 7) is 0.652. The Hall–Kier alpha value is -1.87. The molecule has 0 bridgehead atoms. The Morgan fingerprint density at radius 1 is 1.22 bits per heavy atom. The number of anilines is 1. The van der Waals surface area contributed by atoms with Gasteiger partial charge in [-0.1, -0.05) is 35.9 Å². The highest BCUT2D eigenvalue weighted by Crippen LogP contribution is 2.12. The van der Waals surface area contributed by atoms with Crippen LogP contribution in [0.1, 0.15) is 5.56 Å². The molecule has 1 aromatic heterocycles. The average Bonchev–Trinajstić information content (AvgIpc) is 2.37. The number of nitrogens with one attached hydrogen (secondary N) is 1. The van der Waals surface area contributed by atoms with Gasteiger partial charge < -0.3 is 5.32 Å². The van der Waals surface area contributed by atoms with Crippen LogP contribution in [0.2, 0.25) is 5.02 Å². The van der Waals surface area contributed by atoms with Gasteiger partial charge in [-0.15, -0.1) is 0 Å². The van der Waals surface area contributed by atoms with Crippen molar-refractivity contribution in [1.82, 2.24) is 4.98 Å². The van der Waals surface area contributed by atoms with E-state index in [1.165, 1.54) is 12.1 Å². The summed E-state index contributed by atoms with van der Waals surface area (Å²) in [5.41, 5.74) is 1.83. The molecule has 92 valence electrons. The fraction of sp³-hybridized carbons (Fsp3) is 0.0714. The van der Waals surface area contributed by atoms with E-state index in [1.54, 1.807) is 30.6 Å². The molecule has 0 unspecified atom stereocenters. The lowest BCUT2D eigenvalue weighted by molar-refractivity contribution is 0.628. The molecule has 0 saturated heterocycles. The second-order valence-corrected chi connectivity index (χ2v) is 4.16. The van der Waals surface area contributed by atoms with Crippen LogP contribution < -0.4 is 5.32 Å². The summed E-state index contributed by atoms with van der Waals surface area (Å²) in [6.07, 6.45) is 7.16. The molecule has 0 aliphatic carbocycles. The Morgan fingerprint density at radius 2 is 2.00 bits per heavy atom. The van der Waals surface area contributed by atoms with Crippen LogP contribution in [0, 0.1) is 5.82 Å². The van der Waals surface area contributed by atoms with E-state index in [4.69, 9.17) is 11.6 Å². The van der Waals surface area contributed by atoms with Gasteiger partial charge in [-0.3, -0.25) is 4.98 Å². The average molecular weight is 263 g/mol. The van der Waals surface area contributed by atoms with Crippen molar-refractivity contribution in [2.75, 3.05) is 11.9 Å². The first-order chi connectivity index (χ1) is 8.74. The van der Waals surface area contributed by atoms with Crippen molar-refractivity contribution in [2.45, 2.75) is 0 Å². The van der Waals surface area contributed by atoms with E-state index in [9.17, 15) is 4.39 Å². The number of aromatic nitrogens is 1. The zero-order chi connectivity index (χ0) is 12.8. The number of pyridine rings is 1. The van der Waals surface area contributed by atoms with Gasteiger partial charge in [-0.2, -0.15) is 0 Å². The lowest BCUT2D eigenvalue weighted by atomic mass is 10.2. The molecule has 2 rings (SSSR count). The second kappa shape index (κ2) is 6.17. The van der Waals surface area contributed by atoms with Gasteiger partial charge in [-0.25, -0.2) is 4.39 Å². The molecule has 18 heavy (non-hydrogen) atoms. The molecular formula is C14H12ClFN2. The summed E-state index contributed by atoms with van der Waals surface area (Å²) in [6, 6.07) is 8.14. The Balaban J connectivity index is 1.87. The monoisotopic (exact) mass is 262 g/mol. The van der Waals surface area contributed by atoms with E-state index in [0.717, 1.165) is 11.3 Å². The Labute approximate surface area is 110 Å². The van der Waals surface area contributed by atoms with Crippen LogP contribution in [-0.4, -0.2) is 11.5 Å². The van der Waals surface area contributed by atoms with Crippen LogP contribution >= 0.6 is 11.6 Å². The highest BCUT2D eigenvalue weighted by Gasteiger charge is 1.92. The molecule has 0 amide bonds. The van der Waals surface area contributed by atoms with Gasteiger partial charge in [0.05, 0.1) is 16.9 Å². The summed E-state index contributed by atoms with van der Waals surface area (Å²) in [5.74, 6) is -0.227. The third-order valence-electron chi connectivity index (χ3n) is 2.31. The molecule has 4 heteroatoms. The van der Waals surface area contributed by atoms with Crippen LogP contribution in [-0.2, 0) is 0 Å². The van der Waals surface area contributed by atoms with E-state index in [-0.39, 0.29) is 5.82 Å². The van der Waals surface area contributed by atoms with Crippen molar-refractivity contribution in [3.05, 3.63) is 65.2 Å². The highest BCUT2D eigenvalue weighted by atomic mass is 35.5. The van der Waals surface area contributed by atoms with Gasteiger partial charge in [-0.05, 0) is 23.8 Å². The maximum Gasteiger partial charge on any atom is 0.123 e. The van der Waals surface area contributed by atoms with E-state index < -0.39 is 0 Å². The van der Waals surface area contributed by atoms with Gasteiger partial charge in [0.15, 0.2) is 0 Å². The van der Waals surface area contributed by atoms with Crippen molar-refractivity contribution >= 4 is 23.4 Å². The third-order valence-corrected chi connectivity index (χ3v) is 2.52. The number of hydrogen-bond donors (Lipinski definition) is 1. The minimum atomic E-state index is -0.227. The maximum absolute atomic E-state index is 12.7. The first-order valence-corrected chi connectivity index (χ1v) is 5.88. The van der Waals surface area contributed by atoms with Crippen molar-refractivity contribution in [3.8, 4) is 0 Å². The maximum atomic E-state index is 12.7. The minimum absolute atomic E-state index is 0.227. The van der Waals surface area contributed by atoms with Crippen molar-refractivity contribution in [3.63, 3.8) is 0 Å². The molecule has 2 nitrogen and oxygen atoms in total. The molecule has 0 spiro atoms. The smallest absolute Gasteiger partial charge is 0.123 e. The fourth-order valence-electron chi connectivity index (χ4n) is 1.45. The van der Waals surface area contributed by atoms with Crippen LogP contribution in [0.15, 0.2) is 48.8 Å². The Bertz CT molecular complexity index is 538. The van der Waals surface area contributed by atoms with Crippen molar-refractivity contribution in [2.24, 2.45) is 0 Å². The number of nitrogens with zero attached hydrogens (tertiary/aromatic N) is 1. The van der Waals surface area contributed by atoms with E-state index in [0.29, 0.717) is 11.6 Å². The topological polar surface area (TPSA) is 24.9 Å². The zero-order valence-corrected chi connectivity index (χ0v) is 10.4. The van der Waals surface area contributed by atoms with Gasteiger partial charge in [0.25, 0.3) is 0 Å². The zero-order valence-electron chi connectivity index (χ0n) is 9.61. The van der Waals surface area contributed by atoms with E-state index in [2.05, 4.69) is 10.3 Å². The van der Waals surface area contributed by atoms with Crippen molar-refractivity contribution < 1.29 is 4.39 Å². The summed E-state index contributed by atoms with van der Waals surface area (Å²) in [7, 11) is 0. The summed E-state index contributed by atoms with van der Waals surface area (Å²) < 4.78 is 12.7. The fourth-order valence-corrected chi connectivity index (χ4v) is 1.63. The number of halogens is 2. The molecule has 0 saturated carbocycles. The minimum Gasteiger partial charge on any atom is -0.380 e. The van der Waals surface area contributed by atoms with Crippen LogP contribution in [0.4, 0.5) is 10.1 Å². The molecule has 1 N–H and O–H groups in total. The molecule has 0 radical (unpaired) electrons. The molecular weight excluding hydrogens is 251 g/mol. The second-order valence-electron chi connectivity index (χ2n) is 3.73. The first kappa shape index (κ1) is 12.6. The lowest BCUT2D eigenvalue weighted by Crippen LogP contribution is -1.98. The summed E-state index contributed by atoms with van der Waals surface area (Å²) in [4.78, 5) is 3.97. The van der Waals surface area contributed by atoms with Gasteiger partial charge in [0, 0.05) is 12.7 Å². The predicted octanol–water partition coefficient (Wildman–Crippen LogP) is 4.00. The standard InChI is InChI=1S/C14H12ClFN2/c15-12-8-14(10-17-9-12)18-7-1-2-11-3-5-13(16)6-4-11/h1-6,8-10,18H,7H2/b2-1+. The molecule has 0 fully saturated rings. The number of hydrogen-bond acceptors (Lipinski definition) is 2. The molecule has 1 aromatic carbocycles.